The van der Waals surface area contributed by atoms with Gasteiger partial charge in [0, 0.05) is 12.8 Å². The summed E-state index contributed by atoms with van der Waals surface area (Å²) in [6.07, 6.45) is 0.852. The van der Waals surface area contributed by atoms with Crippen molar-refractivity contribution in [1.29, 1.82) is 0 Å². The van der Waals surface area contributed by atoms with Gasteiger partial charge in [0.1, 0.15) is 11.4 Å². The van der Waals surface area contributed by atoms with Gasteiger partial charge in [0.25, 0.3) is 0 Å². The number of ether oxygens (including phenoxy) is 1. The second-order valence-corrected chi connectivity index (χ2v) is 13.0. The minimum Gasteiger partial charge on any atom is -0.459 e. The Morgan fingerprint density at radius 2 is 1.80 bits per heavy atom. The van der Waals surface area contributed by atoms with Gasteiger partial charge in [0.15, 0.2) is 0 Å². The number of carbonyl (C=O) groups is 2. The first-order chi connectivity index (χ1) is 8.89. The largest absolute Gasteiger partial charge is 0.459 e. The van der Waals surface area contributed by atoms with Gasteiger partial charge in [-0.2, -0.15) is 0 Å². The standard InChI is InChI=1S/C16H28O3Si/c1-11-8-12(17)9-13(14(11)10-20(5,6)7)15(18)19-16(2,3)4/h10-11,13H,8-9H2,1-7H3/b14-10+/t11-,13-/m1/s1. The van der Waals surface area contributed by atoms with Crippen LogP contribution in [0.1, 0.15) is 40.5 Å². The van der Waals surface area contributed by atoms with Crippen molar-refractivity contribution >= 4 is 19.8 Å². The highest BCUT2D eigenvalue weighted by atomic mass is 28.3. The minimum absolute atomic E-state index is 0.153. The van der Waals surface area contributed by atoms with Gasteiger partial charge in [-0.15, -0.1) is 0 Å². The van der Waals surface area contributed by atoms with Crippen LogP contribution in [0.4, 0.5) is 0 Å². The first kappa shape index (κ1) is 17.1. The van der Waals surface area contributed by atoms with E-state index in [-0.39, 0.29) is 23.6 Å². The van der Waals surface area contributed by atoms with Crippen LogP contribution < -0.4 is 0 Å². The van der Waals surface area contributed by atoms with Crippen LogP contribution in [0.15, 0.2) is 11.3 Å². The van der Waals surface area contributed by atoms with Gasteiger partial charge in [-0.25, -0.2) is 0 Å². The highest BCUT2D eigenvalue weighted by Crippen LogP contribution is 2.35. The summed E-state index contributed by atoms with van der Waals surface area (Å²) < 4.78 is 5.50. The van der Waals surface area contributed by atoms with Crippen molar-refractivity contribution in [2.45, 2.75) is 65.8 Å². The molecule has 0 radical (unpaired) electrons. The van der Waals surface area contributed by atoms with E-state index in [9.17, 15) is 9.59 Å². The summed E-state index contributed by atoms with van der Waals surface area (Å²) >= 11 is 0. The number of carbonyl (C=O) groups excluding carboxylic acids is 2. The lowest BCUT2D eigenvalue weighted by Gasteiger charge is -2.32. The molecule has 0 spiro atoms. The fourth-order valence-corrected chi connectivity index (χ4v) is 4.05. The molecule has 1 saturated carbocycles. The zero-order valence-electron chi connectivity index (χ0n) is 13.9. The van der Waals surface area contributed by atoms with Crippen molar-refractivity contribution in [3.63, 3.8) is 0 Å². The maximum Gasteiger partial charge on any atom is 0.314 e. The molecular formula is C16H28O3Si. The average molecular weight is 296 g/mol. The number of hydrogen-bond acceptors (Lipinski definition) is 3. The molecule has 0 aromatic rings. The molecule has 0 saturated heterocycles. The highest BCUT2D eigenvalue weighted by molar-refractivity contribution is 6.81. The van der Waals surface area contributed by atoms with Crippen molar-refractivity contribution in [2.24, 2.45) is 11.8 Å². The van der Waals surface area contributed by atoms with Crippen molar-refractivity contribution in [3.8, 4) is 0 Å². The number of ketones is 1. The van der Waals surface area contributed by atoms with Crippen molar-refractivity contribution in [1.82, 2.24) is 0 Å². The van der Waals surface area contributed by atoms with Gasteiger partial charge < -0.3 is 4.74 Å². The second kappa shape index (κ2) is 5.84. The molecule has 0 aromatic heterocycles. The lowest BCUT2D eigenvalue weighted by Crippen LogP contribution is -2.36. The Morgan fingerprint density at radius 3 is 2.25 bits per heavy atom. The molecule has 0 unspecified atom stereocenters. The van der Waals surface area contributed by atoms with Crippen LogP contribution in [0.2, 0.25) is 19.6 Å². The molecule has 114 valence electrons. The lowest BCUT2D eigenvalue weighted by atomic mass is 9.77. The summed E-state index contributed by atoms with van der Waals surface area (Å²) in [6, 6.07) is 0. The SMILES string of the molecule is C[C@@H]1CC(=O)C[C@@H](C(=O)OC(C)(C)C)/C1=C/[Si](C)(C)C. The lowest BCUT2D eigenvalue weighted by molar-refractivity contribution is -0.160. The summed E-state index contributed by atoms with van der Waals surface area (Å²) in [5.74, 6) is -0.305. The van der Waals surface area contributed by atoms with E-state index in [4.69, 9.17) is 4.74 Å². The van der Waals surface area contributed by atoms with Crippen molar-refractivity contribution in [3.05, 3.63) is 11.3 Å². The Hall–Kier alpha value is -0.903. The molecule has 0 bridgehead atoms. The Morgan fingerprint density at radius 1 is 1.25 bits per heavy atom. The van der Waals surface area contributed by atoms with E-state index in [1.54, 1.807) is 0 Å². The monoisotopic (exact) mass is 296 g/mol. The summed E-state index contributed by atoms with van der Waals surface area (Å²) in [4.78, 5) is 24.2. The van der Waals surface area contributed by atoms with Crippen LogP contribution in [-0.2, 0) is 14.3 Å². The van der Waals surface area contributed by atoms with Crippen LogP contribution in [0, 0.1) is 11.8 Å². The molecule has 0 aromatic carbocycles. The quantitative estimate of drug-likeness (QED) is 0.576. The minimum atomic E-state index is -1.44. The zero-order valence-corrected chi connectivity index (χ0v) is 14.9. The average Bonchev–Trinajstić information content (AvgIpc) is 2.17. The van der Waals surface area contributed by atoms with Gasteiger partial charge in [0.2, 0.25) is 0 Å². The third-order valence-corrected chi connectivity index (χ3v) is 4.43. The molecule has 1 rings (SSSR count). The maximum absolute atomic E-state index is 12.4. The third-order valence-electron chi connectivity index (χ3n) is 3.23. The number of Topliss-reactive ketones (excluding diaryl/α,β-unsaturated/α-hetero) is 1. The smallest absolute Gasteiger partial charge is 0.314 e. The van der Waals surface area contributed by atoms with Gasteiger partial charge in [0.05, 0.1) is 14.0 Å². The maximum atomic E-state index is 12.4. The molecule has 1 aliphatic rings. The molecule has 4 heteroatoms. The fourth-order valence-electron chi connectivity index (χ4n) is 2.57. The van der Waals surface area contributed by atoms with Gasteiger partial charge in [-0.1, -0.05) is 37.8 Å². The number of hydrogen-bond donors (Lipinski definition) is 0. The molecule has 0 N–H and O–H groups in total. The Kier molecular flexibility index (Phi) is 5.01. The molecule has 1 aliphatic carbocycles. The molecule has 0 amide bonds. The first-order valence-electron chi connectivity index (χ1n) is 7.36. The van der Waals surface area contributed by atoms with Crippen LogP contribution in [0.5, 0.6) is 0 Å². The zero-order chi connectivity index (χ0) is 15.7. The summed E-state index contributed by atoms with van der Waals surface area (Å²) in [7, 11) is -1.44. The van der Waals surface area contributed by atoms with E-state index in [0.717, 1.165) is 5.57 Å². The molecular weight excluding hydrogens is 268 g/mol. The summed E-state index contributed by atoms with van der Waals surface area (Å²) in [5, 5.41) is 0. The topological polar surface area (TPSA) is 43.4 Å². The molecule has 2 atom stereocenters. The van der Waals surface area contributed by atoms with E-state index in [1.807, 2.05) is 27.7 Å². The molecule has 3 nitrogen and oxygen atoms in total. The van der Waals surface area contributed by atoms with E-state index >= 15 is 0 Å². The van der Waals surface area contributed by atoms with Gasteiger partial charge in [-0.3, -0.25) is 9.59 Å². The number of esters is 1. The van der Waals surface area contributed by atoms with E-state index < -0.39 is 13.7 Å². The Bertz CT molecular complexity index is 424. The van der Waals surface area contributed by atoms with Crippen molar-refractivity contribution < 1.29 is 14.3 Å². The van der Waals surface area contributed by atoms with Gasteiger partial charge in [-0.05, 0) is 26.7 Å². The fraction of sp³-hybridized carbons (Fsp3) is 0.750. The molecule has 0 aliphatic heterocycles. The number of rotatable bonds is 2. The van der Waals surface area contributed by atoms with Crippen LogP contribution >= 0.6 is 0 Å². The predicted molar refractivity (Wildman–Crippen MR) is 84.2 cm³/mol. The van der Waals surface area contributed by atoms with Crippen LogP contribution in [-0.4, -0.2) is 25.4 Å². The second-order valence-electron chi connectivity index (χ2n) is 7.94. The Labute approximate surface area is 123 Å². The summed E-state index contributed by atoms with van der Waals surface area (Å²) in [5.41, 5.74) is 2.89. The van der Waals surface area contributed by atoms with Crippen LogP contribution in [0.3, 0.4) is 0 Å². The Balaban J connectivity index is 3.07. The third kappa shape index (κ3) is 5.23. The van der Waals surface area contributed by atoms with Crippen molar-refractivity contribution in [2.75, 3.05) is 0 Å². The predicted octanol–water partition coefficient (Wildman–Crippen LogP) is 3.75. The first-order valence-corrected chi connectivity index (χ1v) is 10.9. The molecule has 20 heavy (non-hydrogen) atoms. The normalized spacial score (nSPS) is 26.8. The molecule has 1 fully saturated rings. The summed E-state index contributed by atoms with van der Waals surface area (Å²) in [6.45, 7) is 14.4. The van der Waals surface area contributed by atoms with E-state index in [1.165, 1.54) is 0 Å². The highest BCUT2D eigenvalue weighted by Gasteiger charge is 2.37. The molecule has 0 heterocycles. The van der Waals surface area contributed by atoms with E-state index in [2.05, 4.69) is 25.3 Å². The van der Waals surface area contributed by atoms with Gasteiger partial charge >= 0.3 is 5.97 Å². The van der Waals surface area contributed by atoms with Crippen LogP contribution in [0.25, 0.3) is 0 Å². The van der Waals surface area contributed by atoms with E-state index in [0.29, 0.717) is 12.8 Å².